The Hall–Kier alpha value is -6.89. The van der Waals surface area contributed by atoms with Crippen LogP contribution in [0.15, 0.2) is 102 Å². The fourth-order valence-electron chi connectivity index (χ4n) is 8.22. The molecule has 0 spiro atoms. The number of rotatable bonds is 16. The summed E-state index contributed by atoms with van der Waals surface area (Å²) in [5.41, 5.74) is 4.77. The van der Waals surface area contributed by atoms with E-state index < -0.39 is 51.6 Å². The second kappa shape index (κ2) is 18.8. The maximum atomic E-state index is 13.8. The molecule has 8 rings (SSSR count). The smallest absolute Gasteiger partial charge is 0.264 e. The molecule has 0 bridgehead atoms. The summed E-state index contributed by atoms with van der Waals surface area (Å²) < 4.78 is 35.3. The number of aryl methyl sites for hydroxylation is 1. The highest BCUT2D eigenvalue weighted by Gasteiger charge is 2.45. The van der Waals surface area contributed by atoms with Crippen molar-refractivity contribution in [3.63, 3.8) is 0 Å². The number of fused-ring (bicyclic) bond motifs is 2. The molecule has 1 aromatic heterocycles. The van der Waals surface area contributed by atoms with Crippen LogP contribution in [0.25, 0.3) is 10.9 Å². The Kier molecular flexibility index (Phi) is 12.9. The number of aromatic amines is 1. The van der Waals surface area contributed by atoms with Gasteiger partial charge in [-0.2, -0.15) is 4.72 Å². The van der Waals surface area contributed by atoms with Crippen LogP contribution in [-0.4, -0.2) is 117 Å². The molecule has 5 N–H and O–H groups in total. The monoisotopic (exact) mass is 888 g/mol. The van der Waals surface area contributed by atoms with Crippen LogP contribution in [0.1, 0.15) is 51.1 Å². The third-order valence-corrected chi connectivity index (χ3v) is 13.2. The van der Waals surface area contributed by atoms with E-state index in [1.54, 1.807) is 47.5 Å². The van der Waals surface area contributed by atoms with E-state index in [1.807, 2.05) is 43.3 Å². The first-order valence-electron chi connectivity index (χ1n) is 21.1. The van der Waals surface area contributed by atoms with Crippen molar-refractivity contribution >= 4 is 73.4 Å². The van der Waals surface area contributed by atoms with Crippen LogP contribution >= 0.6 is 0 Å². The number of amides is 6. The third-order valence-electron chi connectivity index (χ3n) is 11.7. The van der Waals surface area contributed by atoms with Gasteiger partial charge in [0.1, 0.15) is 12.1 Å². The molecule has 18 heteroatoms. The van der Waals surface area contributed by atoms with E-state index in [2.05, 4.69) is 30.6 Å². The highest BCUT2D eigenvalue weighted by Crippen LogP contribution is 2.32. The average Bonchev–Trinajstić information content (AvgIpc) is 3.81. The number of imide groups is 2. The first-order valence-corrected chi connectivity index (χ1v) is 22.6. The van der Waals surface area contributed by atoms with Crippen molar-refractivity contribution in [2.75, 3.05) is 61.5 Å². The number of H-pyrrole nitrogens is 1. The highest BCUT2D eigenvalue weighted by atomic mass is 32.2. The van der Waals surface area contributed by atoms with E-state index in [9.17, 15) is 37.2 Å². The van der Waals surface area contributed by atoms with Crippen molar-refractivity contribution in [3.8, 4) is 0 Å². The normalized spacial score (nSPS) is 17.1. The lowest BCUT2D eigenvalue weighted by Crippen LogP contribution is -2.54. The number of benzene rings is 4. The SMILES string of the molecule is Cc1ccc(S(=O)(=O)N[C@@H](Cc2c[nH]c3ccccc23)C(=O)Nc2ccc(N3CCN(C(=O)CCOCCNc4cccc5c4C(=O)N(C4CCC(=O)NC4=O)C5=O)CC3)cc2)cc1. The number of piperazine rings is 1. The summed E-state index contributed by atoms with van der Waals surface area (Å²) in [6.45, 7) is 4.80. The summed E-state index contributed by atoms with van der Waals surface area (Å²) in [6.07, 6.45) is 2.20. The van der Waals surface area contributed by atoms with E-state index >= 15 is 0 Å². The van der Waals surface area contributed by atoms with Crippen LogP contribution in [0.2, 0.25) is 0 Å². The van der Waals surface area contributed by atoms with Gasteiger partial charge in [0.05, 0.1) is 35.7 Å². The van der Waals surface area contributed by atoms with Gasteiger partial charge >= 0.3 is 0 Å². The summed E-state index contributed by atoms with van der Waals surface area (Å²) in [5.74, 6) is -2.84. The Morgan fingerprint density at radius 3 is 2.36 bits per heavy atom. The van der Waals surface area contributed by atoms with Crippen LogP contribution in [0.5, 0.6) is 0 Å². The summed E-state index contributed by atoms with van der Waals surface area (Å²) >= 11 is 0. The summed E-state index contributed by atoms with van der Waals surface area (Å²) in [5, 5.41) is 9.12. The minimum absolute atomic E-state index is 0.0355. The fraction of sp³-hybridized carbons (Fsp3) is 0.304. The topological polar surface area (TPSA) is 219 Å². The Labute approximate surface area is 369 Å². The number of aromatic nitrogens is 1. The predicted octanol–water partition coefficient (Wildman–Crippen LogP) is 3.57. The van der Waals surface area contributed by atoms with Gasteiger partial charge in [-0.05, 0) is 79.9 Å². The second-order valence-electron chi connectivity index (χ2n) is 15.9. The molecular formula is C46H48N8O9S. The second-order valence-corrected chi connectivity index (χ2v) is 17.6. The molecule has 4 heterocycles. The van der Waals surface area contributed by atoms with Crippen molar-refractivity contribution in [2.24, 2.45) is 0 Å². The number of piperidine rings is 1. The average molecular weight is 889 g/mol. The van der Waals surface area contributed by atoms with Crippen LogP contribution in [-0.2, 0) is 40.4 Å². The Bertz CT molecular complexity index is 2710. The predicted molar refractivity (Wildman–Crippen MR) is 238 cm³/mol. The standard InChI is InChI=1S/C46H48N8O9S/c1-29-9-15-33(16-10-29)64(61,62)51-38(27-30-28-48-36-7-3-2-5-34(30)36)43(57)49-31-11-13-32(14-12-31)52-21-23-53(24-22-52)41(56)19-25-63-26-20-47-37-8-4-6-35-42(37)46(60)54(45(35)59)39-17-18-40(55)50-44(39)58/h2-16,28,38-39,47-48,51H,17-27H2,1H3,(H,49,57)(H,50,55,58)/t38-,39?/m0/s1. The van der Waals surface area contributed by atoms with Gasteiger partial charge in [0.2, 0.25) is 33.7 Å². The number of ether oxygens (including phenoxy) is 1. The summed E-state index contributed by atoms with van der Waals surface area (Å²) in [4.78, 5) is 85.4. The molecule has 0 saturated carbocycles. The maximum absolute atomic E-state index is 13.8. The minimum Gasteiger partial charge on any atom is -0.382 e. The van der Waals surface area contributed by atoms with E-state index in [0.29, 0.717) is 44.1 Å². The highest BCUT2D eigenvalue weighted by molar-refractivity contribution is 7.89. The van der Waals surface area contributed by atoms with Crippen molar-refractivity contribution in [2.45, 2.75) is 49.6 Å². The van der Waals surface area contributed by atoms with Crippen LogP contribution in [0.4, 0.5) is 17.1 Å². The molecule has 2 atom stereocenters. The molecule has 3 aliphatic heterocycles. The zero-order chi connectivity index (χ0) is 45.0. The molecule has 2 saturated heterocycles. The fourth-order valence-corrected chi connectivity index (χ4v) is 9.42. The van der Waals surface area contributed by atoms with Crippen LogP contribution < -0.4 is 25.6 Å². The van der Waals surface area contributed by atoms with E-state index in [4.69, 9.17) is 4.74 Å². The number of nitrogens with one attached hydrogen (secondary N) is 5. The third kappa shape index (κ3) is 9.53. The van der Waals surface area contributed by atoms with Gasteiger partial charge in [-0.15, -0.1) is 0 Å². The van der Waals surface area contributed by atoms with Crippen molar-refractivity contribution < 1.29 is 41.9 Å². The van der Waals surface area contributed by atoms with Gasteiger partial charge in [0.15, 0.2) is 0 Å². The molecule has 64 heavy (non-hydrogen) atoms. The molecule has 0 radical (unpaired) electrons. The number of sulfonamides is 1. The molecule has 0 aliphatic carbocycles. The van der Waals surface area contributed by atoms with Crippen molar-refractivity contribution in [1.82, 2.24) is 24.8 Å². The van der Waals surface area contributed by atoms with E-state index in [0.717, 1.165) is 32.6 Å². The number of anilines is 3. The summed E-state index contributed by atoms with van der Waals surface area (Å²) in [7, 11) is -4.03. The lowest BCUT2D eigenvalue weighted by atomic mass is 10.0. The van der Waals surface area contributed by atoms with Gasteiger partial charge < -0.3 is 30.2 Å². The zero-order valence-corrected chi connectivity index (χ0v) is 35.9. The van der Waals surface area contributed by atoms with Gasteiger partial charge in [0.25, 0.3) is 11.8 Å². The molecule has 6 amide bonds. The maximum Gasteiger partial charge on any atom is 0.264 e. The number of para-hydroxylation sites is 1. The lowest BCUT2D eigenvalue weighted by molar-refractivity contribution is -0.136. The van der Waals surface area contributed by atoms with Gasteiger partial charge in [-0.25, -0.2) is 8.42 Å². The van der Waals surface area contributed by atoms with E-state index in [1.165, 1.54) is 18.2 Å². The minimum atomic E-state index is -4.03. The zero-order valence-electron chi connectivity index (χ0n) is 35.1. The Morgan fingerprint density at radius 2 is 1.61 bits per heavy atom. The summed E-state index contributed by atoms with van der Waals surface area (Å²) in [6, 6.07) is 24.1. The number of hydrogen-bond donors (Lipinski definition) is 5. The Balaban J connectivity index is 0.788. The molecule has 1 unspecified atom stereocenters. The molecule has 2 fully saturated rings. The van der Waals surface area contributed by atoms with Crippen LogP contribution in [0, 0.1) is 6.92 Å². The number of carbonyl (C=O) groups is 6. The number of carbonyl (C=O) groups excluding carboxylic acids is 6. The Morgan fingerprint density at radius 1 is 0.859 bits per heavy atom. The quantitative estimate of drug-likeness (QED) is 0.0713. The van der Waals surface area contributed by atoms with Crippen molar-refractivity contribution in [1.29, 1.82) is 0 Å². The first-order chi connectivity index (χ1) is 30.9. The molecular weight excluding hydrogens is 841 g/mol. The van der Waals surface area contributed by atoms with E-state index in [-0.39, 0.29) is 60.8 Å². The molecule has 4 aromatic carbocycles. The van der Waals surface area contributed by atoms with Gasteiger partial charge in [0, 0.05) is 73.3 Å². The number of hydrogen-bond acceptors (Lipinski definition) is 11. The van der Waals surface area contributed by atoms with Crippen molar-refractivity contribution in [3.05, 3.63) is 119 Å². The lowest BCUT2D eigenvalue weighted by Gasteiger charge is -2.36. The van der Waals surface area contributed by atoms with Gasteiger partial charge in [-0.1, -0.05) is 42.0 Å². The largest absolute Gasteiger partial charge is 0.382 e. The first kappa shape index (κ1) is 43.7. The molecule has 3 aliphatic rings. The molecule has 332 valence electrons. The number of nitrogens with zero attached hydrogens (tertiary/aromatic N) is 3. The van der Waals surface area contributed by atoms with Gasteiger partial charge in [-0.3, -0.25) is 39.0 Å². The molecule has 17 nitrogen and oxygen atoms in total. The van der Waals surface area contributed by atoms with Crippen LogP contribution in [0.3, 0.4) is 0 Å². The molecule has 5 aromatic rings.